The Bertz CT molecular complexity index is 693. The van der Waals surface area contributed by atoms with Crippen molar-refractivity contribution in [2.75, 3.05) is 12.3 Å². The van der Waals surface area contributed by atoms with Crippen molar-refractivity contribution in [3.8, 4) is 5.75 Å². The Morgan fingerprint density at radius 1 is 1.37 bits per heavy atom. The van der Waals surface area contributed by atoms with Crippen LogP contribution in [0.25, 0.3) is 0 Å². The molecule has 0 saturated carbocycles. The van der Waals surface area contributed by atoms with Gasteiger partial charge in [-0.25, -0.2) is 4.79 Å². The second-order valence-electron chi connectivity index (χ2n) is 3.84. The molecule has 0 saturated heterocycles. The number of hydrogen-bond acceptors (Lipinski definition) is 4. The van der Waals surface area contributed by atoms with Gasteiger partial charge in [0.25, 0.3) is 5.56 Å². The lowest BCUT2D eigenvalue weighted by molar-refractivity contribution is 0.295. The first kappa shape index (κ1) is 13.4. The highest BCUT2D eigenvalue weighted by Gasteiger charge is 2.01. The maximum absolute atomic E-state index is 11.5. The van der Waals surface area contributed by atoms with Crippen molar-refractivity contribution in [2.45, 2.75) is 6.54 Å². The molecule has 6 nitrogen and oxygen atoms in total. The van der Waals surface area contributed by atoms with Gasteiger partial charge in [-0.2, -0.15) is 0 Å². The summed E-state index contributed by atoms with van der Waals surface area (Å²) in [4.78, 5) is 24.7. The van der Waals surface area contributed by atoms with E-state index < -0.39 is 11.2 Å². The molecule has 0 bridgehead atoms. The van der Waals surface area contributed by atoms with E-state index in [9.17, 15) is 9.59 Å². The molecular formula is C12H12BrN3O3. The topological polar surface area (TPSA) is 90.1 Å². The molecule has 0 aliphatic heterocycles. The highest BCUT2D eigenvalue weighted by atomic mass is 79.9. The fourth-order valence-electron chi connectivity index (χ4n) is 1.51. The molecule has 0 atom stereocenters. The molecule has 0 radical (unpaired) electrons. The highest BCUT2D eigenvalue weighted by Crippen LogP contribution is 2.17. The minimum absolute atomic E-state index is 0.00190. The summed E-state index contributed by atoms with van der Waals surface area (Å²) in [6, 6.07) is 7.38. The number of nitrogen functional groups attached to an aromatic ring is 1. The van der Waals surface area contributed by atoms with Crippen LogP contribution in [-0.2, 0) is 6.54 Å². The zero-order valence-corrected chi connectivity index (χ0v) is 11.5. The van der Waals surface area contributed by atoms with E-state index in [1.54, 1.807) is 0 Å². The first-order valence-corrected chi connectivity index (χ1v) is 6.33. The largest absolute Gasteiger partial charge is 0.492 e. The quantitative estimate of drug-likeness (QED) is 0.876. The van der Waals surface area contributed by atoms with Gasteiger partial charge in [-0.1, -0.05) is 22.0 Å². The third-order valence-electron chi connectivity index (χ3n) is 2.44. The van der Waals surface area contributed by atoms with Crippen LogP contribution in [0.1, 0.15) is 0 Å². The Hall–Kier alpha value is -2.02. The van der Waals surface area contributed by atoms with Crippen molar-refractivity contribution in [1.82, 2.24) is 9.55 Å². The summed E-state index contributed by atoms with van der Waals surface area (Å²) in [5, 5.41) is 0. The molecular weight excluding hydrogens is 314 g/mol. The lowest BCUT2D eigenvalue weighted by Gasteiger charge is -2.08. The van der Waals surface area contributed by atoms with Gasteiger partial charge in [0.15, 0.2) is 0 Å². The van der Waals surface area contributed by atoms with E-state index in [0.717, 1.165) is 4.47 Å². The van der Waals surface area contributed by atoms with E-state index in [1.807, 2.05) is 24.3 Å². The van der Waals surface area contributed by atoms with Gasteiger partial charge in [0.05, 0.1) is 6.54 Å². The average Bonchev–Trinajstić information content (AvgIpc) is 2.35. The number of nitrogens with zero attached hydrogens (tertiary/aromatic N) is 1. The number of aromatic amines is 1. The number of halogens is 1. The van der Waals surface area contributed by atoms with Crippen molar-refractivity contribution in [3.05, 3.63) is 55.8 Å². The van der Waals surface area contributed by atoms with Crippen LogP contribution in [0.3, 0.4) is 0 Å². The summed E-state index contributed by atoms with van der Waals surface area (Å²) in [5.74, 6) is 0.694. The first-order chi connectivity index (χ1) is 9.06. The molecule has 1 aromatic carbocycles. The fraction of sp³-hybridized carbons (Fsp3) is 0.167. The molecule has 0 aliphatic carbocycles. The van der Waals surface area contributed by atoms with Crippen LogP contribution in [-0.4, -0.2) is 16.2 Å². The van der Waals surface area contributed by atoms with Gasteiger partial charge in [-0.05, 0) is 18.2 Å². The SMILES string of the molecule is Nc1cn(CCOc2cccc(Br)c2)c(=O)[nH]c1=O. The van der Waals surface area contributed by atoms with Crippen LogP contribution in [0, 0.1) is 0 Å². The van der Waals surface area contributed by atoms with Crippen LogP contribution in [0.5, 0.6) is 5.75 Å². The Morgan fingerprint density at radius 3 is 2.89 bits per heavy atom. The van der Waals surface area contributed by atoms with Gasteiger partial charge in [-0.3, -0.25) is 14.3 Å². The monoisotopic (exact) mass is 325 g/mol. The molecule has 2 aromatic rings. The number of ether oxygens (including phenoxy) is 1. The highest BCUT2D eigenvalue weighted by molar-refractivity contribution is 9.10. The summed E-state index contributed by atoms with van der Waals surface area (Å²) in [6.45, 7) is 0.591. The molecule has 1 aromatic heterocycles. The second kappa shape index (κ2) is 5.75. The second-order valence-corrected chi connectivity index (χ2v) is 4.76. The van der Waals surface area contributed by atoms with Crippen LogP contribution in [0.15, 0.2) is 44.5 Å². The Labute approximate surface area is 117 Å². The number of hydrogen-bond donors (Lipinski definition) is 2. The molecule has 0 aliphatic rings. The van der Waals surface area contributed by atoms with Gasteiger partial charge >= 0.3 is 5.69 Å². The van der Waals surface area contributed by atoms with Crippen molar-refractivity contribution < 1.29 is 4.74 Å². The van der Waals surface area contributed by atoms with Gasteiger partial charge in [0.1, 0.15) is 18.0 Å². The van der Waals surface area contributed by atoms with Crippen molar-refractivity contribution >= 4 is 21.6 Å². The minimum atomic E-state index is -0.575. The number of nitrogens with one attached hydrogen (secondary N) is 1. The molecule has 0 fully saturated rings. The summed E-state index contributed by atoms with van der Waals surface area (Å²) in [6.07, 6.45) is 1.31. The number of H-pyrrole nitrogens is 1. The van der Waals surface area contributed by atoms with Gasteiger partial charge in [0.2, 0.25) is 0 Å². The summed E-state index contributed by atoms with van der Waals surface area (Å²) >= 11 is 3.34. The van der Waals surface area contributed by atoms with E-state index in [4.69, 9.17) is 10.5 Å². The lowest BCUT2D eigenvalue weighted by Crippen LogP contribution is -2.32. The molecule has 19 heavy (non-hydrogen) atoms. The average molecular weight is 326 g/mol. The third kappa shape index (κ3) is 3.47. The van der Waals surface area contributed by atoms with Crippen LogP contribution >= 0.6 is 15.9 Å². The molecule has 0 amide bonds. The Balaban J connectivity index is 2.02. The Morgan fingerprint density at radius 2 is 2.16 bits per heavy atom. The lowest BCUT2D eigenvalue weighted by atomic mass is 10.3. The zero-order valence-electron chi connectivity index (χ0n) is 9.93. The van der Waals surface area contributed by atoms with Gasteiger partial charge in [-0.15, -0.1) is 0 Å². The van der Waals surface area contributed by atoms with E-state index in [2.05, 4.69) is 20.9 Å². The van der Waals surface area contributed by atoms with Crippen molar-refractivity contribution in [2.24, 2.45) is 0 Å². The summed E-state index contributed by atoms with van der Waals surface area (Å²) < 4.78 is 7.71. The zero-order chi connectivity index (χ0) is 13.8. The molecule has 3 N–H and O–H groups in total. The van der Waals surface area contributed by atoms with E-state index in [-0.39, 0.29) is 5.69 Å². The summed E-state index contributed by atoms with van der Waals surface area (Å²) in [7, 11) is 0. The minimum Gasteiger partial charge on any atom is -0.492 e. The molecule has 2 rings (SSSR count). The van der Waals surface area contributed by atoms with E-state index in [1.165, 1.54) is 10.8 Å². The van der Waals surface area contributed by atoms with Crippen LogP contribution in [0.4, 0.5) is 5.69 Å². The molecule has 0 unspecified atom stereocenters. The first-order valence-electron chi connectivity index (χ1n) is 5.54. The van der Waals surface area contributed by atoms with Crippen molar-refractivity contribution in [1.29, 1.82) is 0 Å². The summed E-state index contributed by atoms with van der Waals surface area (Å²) in [5.41, 5.74) is 4.37. The Kier molecular flexibility index (Phi) is 4.06. The number of nitrogens with two attached hydrogens (primary N) is 1. The van der Waals surface area contributed by atoms with Crippen LogP contribution in [0.2, 0.25) is 0 Å². The predicted molar refractivity (Wildman–Crippen MR) is 75.4 cm³/mol. The number of benzene rings is 1. The van der Waals surface area contributed by atoms with Crippen LogP contribution < -0.4 is 21.7 Å². The molecule has 100 valence electrons. The van der Waals surface area contributed by atoms with Gasteiger partial charge in [0, 0.05) is 10.7 Å². The number of anilines is 1. The maximum atomic E-state index is 11.5. The maximum Gasteiger partial charge on any atom is 0.328 e. The third-order valence-corrected chi connectivity index (χ3v) is 2.93. The number of rotatable bonds is 4. The van der Waals surface area contributed by atoms with Gasteiger partial charge < -0.3 is 10.5 Å². The van der Waals surface area contributed by atoms with E-state index >= 15 is 0 Å². The normalized spacial score (nSPS) is 10.4. The van der Waals surface area contributed by atoms with E-state index in [0.29, 0.717) is 18.9 Å². The standard InChI is InChI=1S/C12H12BrN3O3/c13-8-2-1-3-9(6-8)19-5-4-16-7-10(14)11(17)15-12(16)18/h1-3,6-7H,4-5,14H2,(H,15,17,18). The number of aromatic nitrogens is 2. The van der Waals surface area contributed by atoms with Crippen molar-refractivity contribution in [3.63, 3.8) is 0 Å². The fourth-order valence-corrected chi connectivity index (χ4v) is 1.89. The predicted octanol–water partition coefficient (Wildman–Crippen LogP) is 0.960. The molecule has 7 heteroatoms. The molecule has 0 spiro atoms. The smallest absolute Gasteiger partial charge is 0.328 e. The molecule has 1 heterocycles.